The highest BCUT2D eigenvalue weighted by molar-refractivity contribution is 5.44. The molecule has 112 valence electrons. The third-order valence-electron chi connectivity index (χ3n) is 3.84. The Labute approximate surface area is 125 Å². The zero-order chi connectivity index (χ0) is 15.4. The van der Waals surface area contributed by atoms with E-state index in [1.165, 1.54) is 6.07 Å². The van der Waals surface area contributed by atoms with E-state index < -0.39 is 0 Å². The molecule has 3 heteroatoms. The number of nitrogens with two attached hydrogens (primary N) is 1. The first-order chi connectivity index (χ1) is 10.0. The molecule has 0 saturated carbocycles. The van der Waals surface area contributed by atoms with Gasteiger partial charge in [0.1, 0.15) is 17.3 Å². The molecule has 2 aromatic carbocycles. The summed E-state index contributed by atoms with van der Waals surface area (Å²) in [6.45, 7) is 6.03. The molecule has 2 aromatic rings. The largest absolute Gasteiger partial charge is 0.457 e. The number of aryl methyl sites for hydroxylation is 1. The molecular formula is C18H22FNO. The van der Waals surface area contributed by atoms with Crippen molar-refractivity contribution >= 4 is 0 Å². The lowest BCUT2D eigenvalue weighted by Crippen LogP contribution is -2.22. The van der Waals surface area contributed by atoms with Crippen LogP contribution in [0.2, 0.25) is 0 Å². The summed E-state index contributed by atoms with van der Waals surface area (Å²) in [5.74, 6) is 1.04. The molecule has 0 spiro atoms. The highest BCUT2D eigenvalue weighted by atomic mass is 19.1. The van der Waals surface area contributed by atoms with Crippen LogP contribution in [-0.2, 0) is 6.42 Å². The number of hydrogen-bond donors (Lipinski definition) is 1. The van der Waals surface area contributed by atoms with Crippen LogP contribution in [0.1, 0.15) is 30.0 Å². The molecule has 0 bridgehead atoms. The second-order valence-electron chi connectivity index (χ2n) is 5.39. The van der Waals surface area contributed by atoms with Gasteiger partial charge in [0.2, 0.25) is 0 Å². The van der Waals surface area contributed by atoms with Gasteiger partial charge in [-0.1, -0.05) is 25.1 Å². The third kappa shape index (κ3) is 3.61. The van der Waals surface area contributed by atoms with Gasteiger partial charge in [-0.15, -0.1) is 0 Å². The molecule has 0 aromatic heterocycles. The lowest BCUT2D eigenvalue weighted by molar-refractivity contribution is 0.457. The Morgan fingerprint density at radius 2 is 1.76 bits per heavy atom. The molecule has 0 fully saturated rings. The van der Waals surface area contributed by atoms with Gasteiger partial charge in [0.05, 0.1) is 0 Å². The summed E-state index contributed by atoms with van der Waals surface area (Å²) in [6, 6.07) is 10.7. The summed E-state index contributed by atoms with van der Waals surface area (Å²) in [5.41, 5.74) is 8.73. The smallest absolute Gasteiger partial charge is 0.133 e. The van der Waals surface area contributed by atoms with Gasteiger partial charge >= 0.3 is 0 Å². The highest BCUT2D eigenvalue weighted by Crippen LogP contribution is 2.31. The monoisotopic (exact) mass is 287 g/mol. The Hall–Kier alpha value is -1.87. The first kappa shape index (κ1) is 15.5. The van der Waals surface area contributed by atoms with Crippen LogP contribution in [0, 0.1) is 19.7 Å². The average Bonchev–Trinajstić information content (AvgIpc) is 2.47. The lowest BCUT2D eigenvalue weighted by Gasteiger charge is -2.16. The number of ether oxygens (including phenoxy) is 1. The minimum Gasteiger partial charge on any atom is -0.457 e. The molecule has 0 aliphatic carbocycles. The second-order valence-corrected chi connectivity index (χ2v) is 5.39. The van der Waals surface area contributed by atoms with Gasteiger partial charge in [-0.2, -0.15) is 0 Å². The molecular weight excluding hydrogens is 265 g/mol. The predicted molar refractivity (Wildman–Crippen MR) is 84.4 cm³/mol. The van der Waals surface area contributed by atoms with Crippen LogP contribution < -0.4 is 10.5 Å². The molecule has 2 nitrogen and oxygen atoms in total. The quantitative estimate of drug-likeness (QED) is 0.877. The zero-order valence-electron chi connectivity index (χ0n) is 12.8. The van der Waals surface area contributed by atoms with Crippen molar-refractivity contribution in [3.05, 3.63) is 58.9 Å². The van der Waals surface area contributed by atoms with Crippen LogP contribution in [-0.4, -0.2) is 6.04 Å². The summed E-state index contributed by atoms with van der Waals surface area (Å²) in [5, 5.41) is 0. The predicted octanol–water partition coefficient (Wildman–Crippen LogP) is 4.51. The van der Waals surface area contributed by atoms with Gasteiger partial charge in [0, 0.05) is 11.6 Å². The Balaban J connectivity index is 2.35. The Bertz CT molecular complexity index is 625. The van der Waals surface area contributed by atoms with Crippen LogP contribution in [0.3, 0.4) is 0 Å². The molecule has 2 rings (SSSR count). The van der Waals surface area contributed by atoms with E-state index in [1.807, 2.05) is 39.0 Å². The van der Waals surface area contributed by atoms with E-state index in [0.29, 0.717) is 17.7 Å². The molecule has 0 aliphatic heterocycles. The van der Waals surface area contributed by atoms with Gasteiger partial charge < -0.3 is 10.5 Å². The van der Waals surface area contributed by atoms with Crippen molar-refractivity contribution in [3.63, 3.8) is 0 Å². The fraction of sp³-hybridized carbons (Fsp3) is 0.333. The van der Waals surface area contributed by atoms with Crippen LogP contribution >= 0.6 is 0 Å². The van der Waals surface area contributed by atoms with E-state index in [1.54, 1.807) is 12.1 Å². The molecule has 0 radical (unpaired) electrons. The molecule has 0 amide bonds. The Kier molecular flexibility index (Phi) is 4.97. The first-order valence-corrected chi connectivity index (χ1v) is 7.30. The van der Waals surface area contributed by atoms with Gasteiger partial charge in [0.25, 0.3) is 0 Å². The molecule has 2 N–H and O–H groups in total. The van der Waals surface area contributed by atoms with Crippen LogP contribution in [0.25, 0.3) is 0 Å². The highest BCUT2D eigenvalue weighted by Gasteiger charge is 2.14. The fourth-order valence-electron chi connectivity index (χ4n) is 2.19. The lowest BCUT2D eigenvalue weighted by atomic mass is 10.0. The first-order valence-electron chi connectivity index (χ1n) is 7.30. The second kappa shape index (κ2) is 6.72. The van der Waals surface area contributed by atoms with E-state index in [0.717, 1.165) is 23.3 Å². The Morgan fingerprint density at radius 1 is 1.10 bits per heavy atom. The van der Waals surface area contributed by atoms with Crippen LogP contribution in [0.15, 0.2) is 36.4 Å². The molecule has 21 heavy (non-hydrogen) atoms. The molecule has 1 unspecified atom stereocenters. The average molecular weight is 287 g/mol. The summed E-state index contributed by atoms with van der Waals surface area (Å²) < 4.78 is 20.0. The number of rotatable bonds is 5. The van der Waals surface area contributed by atoms with Crippen molar-refractivity contribution in [2.75, 3.05) is 0 Å². The Morgan fingerprint density at radius 3 is 2.48 bits per heavy atom. The van der Waals surface area contributed by atoms with Crippen molar-refractivity contribution in [2.45, 2.75) is 39.7 Å². The molecule has 1 atom stereocenters. The van der Waals surface area contributed by atoms with Crippen LogP contribution in [0.5, 0.6) is 11.5 Å². The minimum atomic E-state index is -0.262. The van der Waals surface area contributed by atoms with Crippen molar-refractivity contribution in [1.82, 2.24) is 0 Å². The summed E-state index contributed by atoms with van der Waals surface area (Å²) in [7, 11) is 0. The van der Waals surface area contributed by atoms with Crippen molar-refractivity contribution in [2.24, 2.45) is 5.73 Å². The molecule has 0 saturated heterocycles. The summed E-state index contributed by atoms with van der Waals surface area (Å²) in [6.07, 6.45) is 1.28. The van der Waals surface area contributed by atoms with Gasteiger partial charge in [-0.25, -0.2) is 4.39 Å². The van der Waals surface area contributed by atoms with E-state index in [-0.39, 0.29) is 11.9 Å². The van der Waals surface area contributed by atoms with Crippen molar-refractivity contribution in [1.29, 1.82) is 0 Å². The standard InChI is InChI=1S/C18H22FNO/c1-4-14(20)11-15-16(19)8-6-10-18(15)21-17-9-5-7-12(2)13(17)3/h5-10,14H,4,11,20H2,1-3H3. The maximum atomic E-state index is 14.1. The number of benzene rings is 2. The fourth-order valence-corrected chi connectivity index (χ4v) is 2.19. The van der Waals surface area contributed by atoms with E-state index in [2.05, 4.69) is 0 Å². The topological polar surface area (TPSA) is 35.2 Å². The summed E-state index contributed by atoms with van der Waals surface area (Å²) in [4.78, 5) is 0. The zero-order valence-corrected chi connectivity index (χ0v) is 12.8. The van der Waals surface area contributed by atoms with Gasteiger partial charge in [-0.05, 0) is 56.0 Å². The minimum absolute atomic E-state index is 0.0668. The molecule has 0 aliphatic rings. The van der Waals surface area contributed by atoms with Crippen molar-refractivity contribution in [3.8, 4) is 11.5 Å². The normalized spacial score (nSPS) is 12.2. The maximum absolute atomic E-state index is 14.1. The van der Waals surface area contributed by atoms with Gasteiger partial charge in [-0.3, -0.25) is 0 Å². The number of hydrogen-bond acceptors (Lipinski definition) is 2. The van der Waals surface area contributed by atoms with E-state index >= 15 is 0 Å². The third-order valence-corrected chi connectivity index (χ3v) is 3.84. The maximum Gasteiger partial charge on any atom is 0.133 e. The van der Waals surface area contributed by atoms with Gasteiger partial charge in [0.15, 0.2) is 0 Å². The van der Waals surface area contributed by atoms with Crippen LogP contribution in [0.4, 0.5) is 4.39 Å². The van der Waals surface area contributed by atoms with E-state index in [4.69, 9.17) is 10.5 Å². The molecule has 0 heterocycles. The SMILES string of the molecule is CCC(N)Cc1c(F)cccc1Oc1cccc(C)c1C. The summed E-state index contributed by atoms with van der Waals surface area (Å²) >= 11 is 0. The van der Waals surface area contributed by atoms with E-state index in [9.17, 15) is 4.39 Å². The number of halogens is 1. The van der Waals surface area contributed by atoms with Crippen molar-refractivity contribution < 1.29 is 9.13 Å².